The van der Waals surface area contributed by atoms with Crippen molar-refractivity contribution in [3.63, 3.8) is 0 Å². The minimum Gasteiger partial charge on any atom is -0.228 e. The van der Waals surface area contributed by atoms with Crippen molar-refractivity contribution in [3.05, 3.63) is 0 Å². The predicted octanol–water partition coefficient (Wildman–Crippen LogP) is 2.92. The van der Waals surface area contributed by atoms with E-state index < -0.39 is 9.84 Å². The number of unbranched alkanes of at least 4 members (excludes halogenated alkanes) is 1. The Kier molecular flexibility index (Phi) is 4.42. The van der Waals surface area contributed by atoms with Gasteiger partial charge in [0.1, 0.15) is 0 Å². The molecule has 0 bridgehead atoms. The number of sulfone groups is 1. The van der Waals surface area contributed by atoms with Gasteiger partial charge in [0.2, 0.25) is 0 Å². The first-order chi connectivity index (χ1) is 6.62. The first-order valence-corrected chi connectivity index (χ1v) is 7.46. The molecule has 3 heteroatoms. The highest BCUT2D eigenvalue weighted by atomic mass is 32.2. The Morgan fingerprint density at radius 1 is 1.14 bits per heavy atom. The normalized spacial score (nSPS) is 19.6. The molecule has 0 N–H and O–H groups in total. The lowest BCUT2D eigenvalue weighted by atomic mass is 10.1. The van der Waals surface area contributed by atoms with Crippen LogP contribution in [-0.2, 0) is 9.84 Å². The number of rotatable bonds is 7. The molecule has 0 radical (unpaired) electrons. The maximum atomic E-state index is 12.0. The van der Waals surface area contributed by atoms with Crippen LogP contribution in [0.15, 0.2) is 0 Å². The van der Waals surface area contributed by atoms with E-state index in [1.165, 1.54) is 0 Å². The molecule has 84 valence electrons. The van der Waals surface area contributed by atoms with Gasteiger partial charge in [-0.1, -0.05) is 33.1 Å². The van der Waals surface area contributed by atoms with Crippen LogP contribution in [0.2, 0.25) is 0 Å². The lowest BCUT2D eigenvalue weighted by Gasteiger charge is -2.16. The van der Waals surface area contributed by atoms with E-state index in [-0.39, 0.29) is 10.5 Å². The van der Waals surface area contributed by atoms with E-state index in [9.17, 15) is 8.42 Å². The van der Waals surface area contributed by atoms with E-state index in [4.69, 9.17) is 0 Å². The third kappa shape index (κ3) is 2.97. The third-order valence-electron chi connectivity index (χ3n) is 2.94. The standard InChI is InChI=1S/C11H22O2S/c1-3-5-7-10(6-4-2)14(12,13)11-8-9-11/h10-11H,3-9H2,1-2H3. The van der Waals surface area contributed by atoms with Gasteiger partial charge in [-0.05, 0) is 25.7 Å². The van der Waals surface area contributed by atoms with Gasteiger partial charge in [-0.25, -0.2) is 8.42 Å². The molecule has 1 aliphatic carbocycles. The van der Waals surface area contributed by atoms with Crippen molar-refractivity contribution in [1.29, 1.82) is 0 Å². The van der Waals surface area contributed by atoms with Gasteiger partial charge in [0.15, 0.2) is 9.84 Å². The van der Waals surface area contributed by atoms with Crippen molar-refractivity contribution in [2.75, 3.05) is 0 Å². The van der Waals surface area contributed by atoms with Gasteiger partial charge in [-0.2, -0.15) is 0 Å². The van der Waals surface area contributed by atoms with Gasteiger partial charge < -0.3 is 0 Å². The molecule has 0 aromatic rings. The van der Waals surface area contributed by atoms with Crippen LogP contribution in [0.5, 0.6) is 0 Å². The van der Waals surface area contributed by atoms with Crippen LogP contribution in [0, 0.1) is 0 Å². The molecule has 0 aromatic heterocycles. The molecule has 1 atom stereocenters. The summed E-state index contributed by atoms with van der Waals surface area (Å²) in [6, 6.07) is 0. The largest absolute Gasteiger partial charge is 0.228 e. The predicted molar refractivity (Wildman–Crippen MR) is 60.2 cm³/mol. The van der Waals surface area contributed by atoms with Crippen LogP contribution in [0.1, 0.15) is 58.8 Å². The zero-order valence-corrected chi connectivity index (χ0v) is 10.1. The zero-order chi connectivity index (χ0) is 10.6. The molecule has 0 saturated heterocycles. The Balaban J connectivity index is 2.55. The molecule has 0 amide bonds. The van der Waals surface area contributed by atoms with Gasteiger partial charge >= 0.3 is 0 Å². The summed E-state index contributed by atoms with van der Waals surface area (Å²) in [6.45, 7) is 4.19. The zero-order valence-electron chi connectivity index (χ0n) is 9.33. The molecule has 0 spiro atoms. The summed E-state index contributed by atoms with van der Waals surface area (Å²) in [4.78, 5) is 0. The molecule has 1 fully saturated rings. The maximum absolute atomic E-state index is 12.0. The lowest BCUT2D eigenvalue weighted by molar-refractivity contribution is 0.546. The molecule has 0 aliphatic heterocycles. The van der Waals surface area contributed by atoms with E-state index in [2.05, 4.69) is 13.8 Å². The van der Waals surface area contributed by atoms with Gasteiger partial charge in [0.05, 0.1) is 10.5 Å². The van der Waals surface area contributed by atoms with Gasteiger partial charge in [0, 0.05) is 0 Å². The Hall–Kier alpha value is -0.0500. The number of hydrogen-bond donors (Lipinski definition) is 0. The SMILES string of the molecule is CCCCC(CCC)S(=O)(=O)C1CC1. The topological polar surface area (TPSA) is 34.1 Å². The van der Waals surface area contributed by atoms with Crippen LogP contribution in [-0.4, -0.2) is 18.9 Å². The smallest absolute Gasteiger partial charge is 0.156 e. The summed E-state index contributed by atoms with van der Waals surface area (Å²) < 4.78 is 24.0. The summed E-state index contributed by atoms with van der Waals surface area (Å²) in [5, 5.41) is -0.0177. The molecule has 1 rings (SSSR count). The van der Waals surface area contributed by atoms with Crippen molar-refractivity contribution in [2.45, 2.75) is 69.3 Å². The average Bonchev–Trinajstić information content (AvgIpc) is 2.94. The first kappa shape index (κ1) is 12.0. The van der Waals surface area contributed by atoms with E-state index in [1.54, 1.807) is 0 Å². The quantitative estimate of drug-likeness (QED) is 0.658. The highest BCUT2D eigenvalue weighted by Crippen LogP contribution is 2.34. The second-order valence-electron chi connectivity index (χ2n) is 4.34. The Morgan fingerprint density at radius 2 is 1.79 bits per heavy atom. The average molecular weight is 218 g/mol. The fraction of sp³-hybridized carbons (Fsp3) is 1.00. The highest BCUT2D eigenvalue weighted by molar-refractivity contribution is 7.92. The van der Waals surface area contributed by atoms with Crippen molar-refractivity contribution in [2.24, 2.45) is 0 Å². The van der Waals surface area contributed by atoms with Gasteiger partial charge in [0.25, 0.3) is 0 Å². The monoisotopic (exact) mass is 218 g/mol. The Labute approximate surface area is 88.0 Å². The van der Waals surface area contributed by atoms with Crippen molar-refractivity contribution in [3.8, 4) is 0 Å². The molecule has 1 unspecified atom stereocenters. The second-order valence-corrected chi connectivity index (χ2v) is 6.85. The lowest BCUT2D eigenvalue weighted by Crippen LogP contribution is -2.24. The summed E-state index contributed by atoms with van der Waals surface area (Å²) in [7, 11) is -2.76. The second kappa shape index (κ2) is 5.15. The molecule has 14 heavy (non-hydrogen) atoms. The van der Waals surface area contributed by atoms with E-state index in [1.807, 2.05) is 0 Å². The highest BCUT2D eigenvalue weighted by Gasteiger charge is 2.40. The minimum absolute atomic E-state index is 0.0240. The van der Waals surface area contributed by atoms with E-state index in [0.717, 1.165) is 44.9 Å². The van der Waals surface area contributed by atoms with Crippen LogP contribution in [0.3, 0.4) is 0 Å². The summed E-state index contributed by atoms with van der Waals surface area (Å²) in [6.07, 6.45) is 6.70. The third-order valence-corrected chi connectivity index (χ3v) is 5.75. The minimum atomic E-state index is -2.76. The molecule has 2 nitrogen and oxygen atoms in total. The fourth-order valence-corrected chi connectivity index (χ4v) is 4.29. The van der Waals surface area contributed by atoms with Crippen molar-refractivity contribution in [1.82, 2.24) is 0 Å². The van der Waals surface area contributed by atoms with Crippen molar-refractivity contribution < 1.29 is 8.42 Å². The maximum Gasteiger partial charge on any atom is 0.156 e. The van der Waals surface area contributed by atoms with Crippen LogP contribution in [0.4, 0.5) is 0 Å². The fourth-order valence-electron chi connectivity index (χ4n) is 1.90. The first-order valence-electron chi connectivity index (χ1n) is 5.85. The van der Waals surface area contributed by atoms with Crippen LogP contribution < -0.4 is 0 Å². The Bertz CT molecular complexity index is 252. The molecule has 0 heterocycles. The van der Waals surface area contributed by atoms with Crippen LogP contribution in [0.25, 0.3) is 0 Å². The summed E-state index contributed by atoms with van der Waals surface area (Å²) in [5.41, 5.74) is 0. The van der Waals surface area contributed by atoms with Crippen molar-refractivity contribution >= 4 is 9.84 Å². The van der Waals surface area contributed by atoms with E-state index >= 15 is 0 Å². The van der Waals surface area contributed by atoms with Crippen LogP contribution >= 0.6 is 0 Å². The summed E-state index contributed by atoms with van der Waals surface area (Å²) >= 11 is 0. The van der Waals surface area contributed by atoms with E-state index in [0.29, 0.717) is 0 Å². The number of hydrogen-bond acceptors (Lipinski definition) is 2. The molecule has 1 saturated carbocycles. The Morgan fingerprint density at radius 3 is 2.21 bits per heavy atom. The molecule has 0 aromatic carbocycles. The van der Waals surface area contributed by atoms with Gasteiger partial charge in [-0.3, -0.25) is 0 Å². The molecular weight excluding hydrogens is 196 g/mol. The summed E-state index contributed by atoms with van der Waals surface area (Å²) in [5.74, 6) is 0. The molecular formula is C11H22O2S. The molecule has 1 aliphatic rings. The van der Waals surface area contributed by atoms with Gasteiger partial charge in [-0.15, -0.1) is 0 Å².